The molecule has 0 unspecified atom stereocenters. The van der Waals surface area contributed by atoms with E-state index in [0.29, 0.717) is 0 Å². The number of carbonyl (C=O) groups excluding carboxylic acids is 1. The molecule has 0 N–H and O–H groups in total. The molecule has 80 valence electrons. The standard InChI is InChI=1S/C13H17NO/c1-10-5-6-11(2)12(9-10)7-8-13(15)14(3)4/h5-9H,1-4H3. The van der Waals surface area contributed by atoms with Crippen LogP contribution in [0.1, 0.15) is 16.7 Å². The molecule has 0 atom stereocenters. The molecule has 0 fully saturated rings. The van der Waals surface area contributed by atoms with Gasteiger partial charge in [-0.1, -0.05) is 23.8 Å². The van der Waals surface area contributed by atoms with Crippen molar-refractivity contribution in [2.24, 2.45) is 0 Å². The van der Waals surface area contributed by atoms with Crippen LogP contribution >= 0.6 is 0 Å². The van der Waals surface area contributed by atoms with Gasteiger partial charge in [0.2, 0.25) is 5.91 Å². The first-order chi connectivity index (χ1) is 7.00. The molecular weight excluding hydrogens is 186 g/mol. The van der Waals surface area contributed by atoms with Gasteiger partial charge >= 0.3 is 0 Å². The van der Waals surface area contributed by atoms with Crippen molar-refractivity contribution in [1.29, 1.82) is 0 Å². The van der Waals surface area contributed by atoms with Crippen LogP contribution < -0.4 is 0 Å². The van der Waals surface area contributed by atoms with E-state index in [1.54, 1.807) is 25.1 Å². The molecule has 0 spiro atoms. The molecule has 1 aromatic rings. The highest BCUT2D eigenvalue weighted by Crippen LogP contribution is 2.12. The van der Waals surface area contributed by atoms with E-state index >= 15 is 0 Å². The molecule has 0 heterocycles. The van der Waals surface area contributed by atoms with Gasteiger partial charge in [0, 0.05) is 20.2 Å². The maximum absolute atomic E-state index is 11.4. The Labute approximate surface area is 91.2 Å². The van der Waals surface area contributed by atoms with Crippen molar-refractivity contribution >= 4 is 12.0 Å². The van der Waals surface area contributed by atoms with E-state index in [-0.39, 0.29) is 5.91 Å². The highest BCUT2D eigenvalue weighted by molar-refractivity contribution is 5.91. The third kappa shape index (κ3) is 3.24. The fraction of sp³-hybridized carbons (Fsp3) is 0.308. The number of aryl methyl sites for hydroxylation is 2. The van der Waals surface area contributed by atoms with Crippen LogP contribution in [0, 0.1) is 13.8 Å². The van der Waals surface area contributed by atoms with Crippen LogP contribution in [0.3, 0.4) is 0 Å². The molecular formula is C13H17NO. The van der Waals surface area contributed by atoms with Gasteiger partial charge in [0.25, 0.3) is 0 Å². The van der Waals surface area contributed by atoms with Crippen LogP contribution in [0.15, 0.2) is 24.3 Å². The molecule has 0 aromatic heterocycles. The Morgan fingerprint density at radius 3 is 2.53 bits per heavy atom. The maximum atomic E-state index is 11.4. The predicted octanol–water partition coefficient (Wildman–Crippen LogP) is 2.40. The first-order valence-corrected chi connectivity index (χ1v) is 4.97. The smallest absolute Gasteiger partial charge is 0.246 e. The SMILES string of the molecule is Cc1ccc(C)c(C=CC(=O)N(C)C)c1. The summed E-state index contributed by atoms with van der Waals surface area (Å²) in [5, 5.41) is 0. The van der Waals surface area contributed by atoms with Gasteiger partial charge in [-0.15, -0.1) is 0 Å². The van der Waals surface area contributed by atoms with Crippen molar-refractivity contribution in [3.8, 4) is 0 Å². The predicted molar refractivity (Wildman–Crippen MR) is 63.6 cm³/mol. The van der Waals surface area contributed by atoms with Gasteiger partial charge in [-0.2, -0.15) is 0 Å². The Morgan fingerprint density at radius 1 is 1.27 bits per heavy atom. The Bertz CT molecular complexity index is 392. The van der Waals surface area contributed by atoms with Crippen molar-refractivity contribution in [3.05, 3.63) is 41.0 Å². The molecule has 0 aliphatic heterocycles. The lowest BCUT2D eigenvalue weighted by atomic mass is 10.1. The third-order valence-electron chi connectivity index (χ3n) is 2.28. The largest absolute Gasteiger partial charge is 0.345 e. The molecule has 1 rings (SSSR count). The summed E-state index contributed by atoms with van der Waals surface area (Å²) in [7, 11) is 3.49. The lowest BCUT2D eigenvalue weighted by Gasteiger charge is -2.06. The second-order valence-corrected chi connectivity index (χ2v) is 3.93. The van der Waals surface area contributed by atoms with Gasteiger partial charge in [0.1, 0.15) is 0 Å². The van der Waals surface area contributed by atoms with Gasteiger partial charge in [-0.05, 0) is 31.1 Å². The lowest BCUT2D eigenvalue weighted by Crippen LogP contribution is -2.18. The number of hydrogen-bond acceptors (Lipinski definition) is 1. The van der Waals surface area contributed by atoms with Crippen molar-refractivity contribution in [2.45, 2.75) is 13.8 Å². The first-order valence-electron chi connectivity index (χ1n) is 4.97. The van der Waals surface area contributed by atoms with Crippen LogP contribution in [0.4, 0.5) is 0 Å². The zero-order valence-electron chi connectivity index (χ0n) is 9.74. The van der Waals surface area contributed by atoms with Crippen molar-refractivity contribution in [1.82, 2.24) is 4.90 Å². The van der Waals surface area contributed by atoms with Crippen LogP contribution in [-0.4, -0.2) is 24.9 Å². The minimum absolute atomic E-state index is 0.0101. The van der Waals surface area contributed by atoms with Gasteiger partial charge in [0.15, 0.2) is 0 Å². The molecule has 15 heavy (non-hydrogen) atoms. The summed E-state index contributed by atoms with van der Waals surface area (Å²) in [6.07, 6.45) is 3.46. The number of likely N-dealkylation sites (N-methyl/N-ethyl adjacent to an activating group) is 1. The van der Waals surface area contributed by atoms with Crippen molar-refractivity contribution in [3.63, 3.8) is 0 Å². The van der Waals surface area contributed by atoms with Gasteiger partial charge < -0.3 is 4.90 Å². The molecule has 1 amide bonds. The summed E-state index contributed by atoms with van der Waals surface area (Å²) < 4.78 is 0. The summed E-state index contributed by atoms with van der Waals surface area (Å²) in [6.45, 7) is 4.09. The van der Waals surface area contributed by atoms with E-state index in [9.17, 15) is 4.79 Å². The third-order valence-corrected chi connectivity index (χ3v) is 2.28. The summed E-state index contributed by atoms with van der Waals surface area (Å²) in [6, 6.07) is 6.21. The maximum Gasteiger partial charge on any atom is 0.246 e. The molecule has 0 aliphatic carbocycles. The number of benzene rings is 1. The van der Waals surface area contributed by atoms with Crippen LogP contribution in [-0.2, 0) is 4.79 Å². The van der Waals surface area contributed by atoms with Crippen molar-refractivity contribution < 1.29 is 4.79 Å². The molecule has 0 aliphatic rings. The Hall–Kier alpha value is -1.57. The number of nitrogens with zero attached hydrogens (tertiary/aromatic N) is 1. The fourth-order valence-corrected chi connectivity index (χ4v) is 1.25. The van der Waals surface area contributed by atoms with E-state index in [4.69, 9.17) is 0 Å². The quantitative estimate of drug-likeness (QED) is 0.676. The summed E-state index contributed by atoms with van der Waals surface area (Å²) in [4.78, 5) is 12.9. The van der Waals surface area contributed by atoms with E-state index in [0.717, 1.165) is 5.56 Å². The molecule has 0 radical (unpaired) electrons. The van der Waals surface area contributed by atoms with E-state index in [1.165, 1.54) is 11.1 Å². The zero-order valence-corrected chi connectivity index (χ0v) is 9.74. The monoisotopic (exact) mass is 203 g/mol. The van der Waals surface area contributed by atoms with Crippen LogP contribution in [0.25, 0.3) is 6.08 Å². The molecule has 0 saturated carbocycles. The lowest BCUT2D eigenvalue weighted by molar-refractivity contribution is -0.123. The minimum atomic E-state index is 0.0101. The van der Waals surface area contributed by atoms with Crippen molar-refractivity contribution in [2.75, 3.05) is 14.1 Å². The molecule has 0 saturated heterocycles. The molecule has 2 heteroatoms. The number of carbonyl (C=O) groups is 1. The fourth-order valence-electron chi connectivity index (χ4n) is 1.25. The Balaban J connectivity index is 2.89. The average Bonchev–Trinajstić information content (AvgIpc) is 2.18. The summed E-state index contributed by atoms with van der Waals surface area (Å²) >= 11 is 0. The topological polar surface area (TPSA) is 20.3 Å². The Kier molecular flexibility index (Phi) is 3.67. The number of amides is 1. The van der Waals surface area contributed by atoms with Gasteiger partial charge in [-0.25, -0.2) is 0 Å². The molecule has 2 nitrogen and oxygen atoms in total. The van der Waals surface area contributed by atoms with Crippen LogP contribution in [0.5, 0.6) is 0 Å². The average molecular weight is 203 g/mol. The summed E-state index contributed by atoms with van der Waals surface area (Å²) in [5.74, 6) is 0.0101. The van der Waals surface area contributed by atoms with E-state index in [2.05, 4.69) is 18.2 Å². The number of rotatable bonds is 2. The number of hydrogen-bond donors (Lipinski definition) is 0. The summed E-state index contributed by atoms with van der Waals surface area (Å²) in [5.41, 5.74) is 3.49. The minimum Gasteiger partial charge on any atom is -0.345 e. The second kappa shape index (κ2) is 4.78. The highest BCUT2D eigenvalue weighted by Gasteiger charge is 1.98. The highest BCUT2D eigenvalue weighted by atomic mass is 16.2. The second-order valence-electron chi connectivity index (χ2n) is 3.93. The first kappa shape index (κ1) is 11.5. The van der Waals surface area contributed by atoms with Gasteiger partial charge in [0.05, 0.1) is 0 Å². The van der Waals surface area contributed by atoms with Crippen LogP contribution in [0.2, 0.25) is 0 Å². The van der Waals surface area contributed by atoms with E-state index < -0.39 is 0 Å². The molecule has 0 bridgehead atoms. The van der Waals surface area contributed by atoms with Gasteiger partial charge in [-0.3, -0.25) is 4.79 Å². The Morgan fingerprint density at radius 2 is 1.93 bits per heavy atom. The molecule has 1 aromatic carbocycles. The van der Waals surface area contributed by atoms with E-state index in [1.807, 2.05) is 19.9 Å². The zero-order chi connectivity index (χ0) is 11.4. The normalized spacial score (nSPS) is 10.7.